The van der Waals surface area contributed by atoms with Gasteiger partial charge in [-0.1, -0.05) is 36.7 Å². The highest BCUT2D eigenvalue weighted by Crippen LogP contribution is 2.16. The van der Waals surface area contributed by atoms with Crippen molar-refractivity contribution in [3.05, 3.63) is 69.1 Å². The van der Waals surface area contributed by atoms with E-state index < -0.39 is 11.9 Å². The smallest absolute Gasteiger partial charge is 0.323 e. The molecule has 0 saturated heterocycles. The molecule has 2 rings (SSSR count). The number of carbonyl (C=O) groups is 2. The second-order valence-corrected chi connectivity index (χ2v) is 6.00. The molecule has 0 spiro atoms. The zero-order valence-electron chi connectivity index (χ0n) is 13.8. The summed E-state index contributed by atoms with van der Waals surface area (Å²) in [4.78, 5) is 36.9. The minimum Gasteiger partial charge on any atom is -0.480 e. The van der Waals surface area contributed by atoms with E-state index in [0.717, 1.165) is 5.56 Å². The summed E-state index contributed by atoms with van der Waals surface area (Å²) in [5.41, 5.74) is 0.755. The van der Waals surface area contributed by atoms with E-state index in [-0.39, 0.29) is 24.2 Å². The highest BCUT2D eigenvalue weighted by atomic mass is 35.5. The maximum absolute atomic E-state index is 12.6. The standard InChI is InChI=1S/C18H19ClN2O4/c1-2-9-20(12-17(23)24)18(25)14-7-8-16(22)21(11-14)10-13-5-3-4-6-15(13)19/h3-8,11H,2,9-10,12H2,1H3,(H,23,24). The molecule has 0 unspecified atom stereocenters. The average molecular weight is 363 g/mol. The summed E-state index contributed by atoms with van der Waals surface area (Å²) in [5.74, 6) is -1.50. The molecule has 0 aliphatic rings. The summed E-state index contributed by atoms with van der Waals surface area (Å²) >= 11 is 6.12. The van der Waals surface area contributed by atoms with Crippen molar-refractivity contribution < 1.29 is 14.7 Å². The third-order valence-corrected chi connectivity index (χ3v) is 4.00. The molecule has 1 aromatic heterocycles. The highest BCUT2D eigenvalue weighted by Gasteiger charge is 2.18. The van der Waals surface area contributed by atoms with Gasteiger partial charge in [0.15, 0.2) is 0 Å². The lowest BCUT2D eigenvalue weighted by Crippen LogP contribution is -2.37. The summed E-state index contributed by atoms with van der Waals surface area (Å²) in [6.45, 7) is 2.04. The maximum Gasteiger partial charge on any atom is 0.323 e. The van der Waals surface area contributed by atoms with Gasteiger partial charge in [0.2, 0.25) is 0 Å². The first-order valence-corrected chi connectivity index (χ1v) is 8.25. The normalized spacial score (nSPS) is 10.5. The van der Waals surface area contributed by atoms with Crippen LogP contribution in [0.5, 0.6) is 0 Å². The zero-order valence-corrected chi connectivity index (χ0v) is 14.6. The Bertz CT molecular complexity index is 832. The number of halogens is 1. The molecule has 1 amide bonds. The molecule has 0 fully saturated rings. The summed E-state index contributed by atoms with van der Waals surface area (Å²) in [7, 11) is 0. The van der Waals surface area contributed by atoms with Gasteiger partial charge in [-0.2, -0.15) is 0 Å². The van der Waals surface area contributed by atoms with Crippen molar-refractivity contribution in [2.45, 2.75) is 19.9 Å². The Hall–Kier alpha value is -2.60. The van der Waals surface area contributed by atoms with Gasteiger partial charge < -0.3 is 14.6 Å². The Morgan fingerprint density at radius 2 is 1.92 bits per heavy atom. The SMILES string of the molecule is CCCN(CC(=O)O)C(=O)c1ccc(=O)n(Cc2ccccc2Cl)c1. The summed E-state index contributed by atoms with van der Waals surface area (Å²) in [5, 5.41) is 9.50. The third kappa shape index (κ3) is 4.93. The van der Waals surface area contributed by atoms with Crippen LogP contribution in [-0.2, 0) is 11.3 Å². The number of aliphatic carboxylic acids is 1. The van der Waals surface area contributed by atoms with Crippen LogP contribution in [0.25, 0.3) is 0 Å². The van der Waals surface area contributed by atoms with Crippen LogP contribution in [0.2, 0.25) is 5.02 Å². The van der Waals surface area contributed by atoms with E-state index >= 15 is 0 Å². The van der Waals surface area contributed by atoms with Crippen molar-refractivity contribution in [3.8, 4) is 0 Å². The molecular weight excluding hydrogens is 344 g/mol. The lowest BCUT2D eigenvalue weighted by Gasteiger charge is -2.20. The fraction of sp³-hybridized carbons (Fsp3) is 0.278. The topological polar surface area (TPSA) is 79.6 Å². The van der Waals surface area contributed by atoms with Gasteiger partial charge in [0, 0.05) is 23.8 Å². The molecule has 1 aromatic carbocycles. The van der Waals surface area contributed by atoms with Crippen LogP contribution in [0.4, 0.5) is 0 Å². The largest absolute Gasteiger partial charge is 0.480 e. The van der Waals surface area contributed by atoms with Gasteiger partial charge in [-0.25, -0.2) is 0 Å². The lowest BCUT2D eigenvalue weighted by molar-refractivity contribution is -0.137. The number of aromatic nitrogens is 1. The van der Waals surface area contributed by atoms with Crippen molar-refractivity contribution in [3.63, 3.8) is 0 Å². The van der Waals surface area contributed by atoms with Gasteiger partial charge in [0.05, 0.1) is 12.1 Å². The molecule has 2 aromatic rings. The van der Waals surface area contributed by atoms with E-state index in [4.69, 9.17) is 16.7 Å². The molecule has 0 aliphatic carbocycles. The fourth-order valence-corrected chi connectivity index (χ4v) is 2.66. The second kappa shape index (κ2) is 8.48. The summed E-state index contributed by atoms with van der Waals surface area (Å²) in [6, 6.07) is 9.86. The van der Waals surface area contributed by atoms with Crippen molar-refractivity contribution in [2.24, 2.45) is 0 Å². The number of carbonyl (C=O) groups excluding carboxylic acids is 1. The minimum atomic E-state index is -1.08. The van der Waals surface area contributed by atoms with Gasteiger partial charge in [-0.15, -0.1) is 0 Å². The van der Waals surface area contributed by atoms with Crippen LogP contribution >= 0.6 is 11.6 Å². The number of nitrogens with zero attached hydrogens (tertiary/aromatic N) is 2. The molecular formula is C18H19ClN2O4. The van der Waals surface area contributed by atoms with Crippen molar-refractivity contribution >= 4 is 23.5 Å². The first-order valence-electron chi connectivity index (χ1n) is 7.87. The number of rotatable bonds is 7. The molecule has 0 radical (unpaired) electrons. The molecule has 0 bridgehead atoms. The number of hydrogen-bond acceptors (Lipinski definition) is 3. The van der Waals surface area contributed by atoms with E-state index in [2.05, 4.69) is 0 Å². The molecule has 1 N–H and O–H groups in total. The number of pyridine rings is 1. The fourth-order valence-electron chi connectivity index (χ4n) is 2.46. The van der Waals surface area contributed by atoms with Gasteiger partial charge in [0.1, 0.15) is 6.54 Å². The first kappa shape index (κ1) is 18.7. The van der Waals surface area contributed by atoms with Gasteiger partial charge in [-0.3, -0.25) is 14.4 Å². The Morgan fingerprint density at radius 1 is 1.20 bits per heavy atom. The molecule has 1 heterocycles. The molecule has 0 atom stereocenters. The lowest BCUT2D eigenvalue weighted by atomic mass is 10.2. The van der Waals surface area contributed by atoms with Crippen molar-refractivity contribution in [1.29, 1.82) is 0 Å². The second-order valence-electron chi connectivity index (χ2n) is 5.60. The minimum absolute atomic E-state index is 0.229. The van der Waals surface area contributed by atoms with Gasteiger partial charge in [0.25, 0.3) is 11.5 Å². The number of hydrogen-bond donors (Lipinski definition) is 1. The molecule has 25 heavy (non-hydrogen) atoms. The summed E-state index contributed by atoms with van der Waals surface area (Å²) < 4.78 is 1.39. The molecule has 0 saturated carbocycles. The zero-order chi connectivity index (χ0) is 18.4. The Labute approximate surface area is 150 Å². The molecule has 7 heteroatoms. The monoisotopic (exact) mass is 362 g/mol. The quantitative estimate of drug-likeness (QED) is 0.820. The summed E-state index contributed by atoms with van der Waals surface area (Å²) in [6.07, 6.45) is 2.08. The van der Waals surface area contributed by atoms with E-state index in [1.54, 1.807) is 18.2 Å². The van der Waals surface area contributed by atoms with Gasteiger partial charge in [-0.05, 0) is 24.1 Å². The van der Waals surface area contributed by atoms with Crippen molar-refractivity contribution in [1.82, 2.24) is 9.47 Å². The Morgan fingerprint density at radius 3 is 2.56 bits per heavy atom. The van der Waals surface area contributed by atoms with E-state index in [9.17, 15) is 14.4 Å². The van der Waals surface area contributed by atoms with Crippen LogP contribution in [-0.4, -0.2) is 39.5 Å². The number of carboxylic acids is 1. The number of amides is 1. The first-order chi connectivity index (χ1) is 11.9. The van der Waals surface area contributed by atoms with Crippen molar-refractivity contribution in [2.75, 3.05) is 13.1 Å². The van der Waals surface area contributed by atoms with Crippen LogP contribution in [0.15, 0.2) is 47.4 Å². The highest BCUT2D eigenvalue weighted by molar-refractivity contribution is 6.31. The van der Waals surface area contributed by atoms with E-state index in [1.807, 2.05) is 13.0 Å². The Kier molecular flexibility index (Phi) is 6.36. The number of benzene rings is 1. The van der Waals surface area contributed by atoms with Crippen LogP contribution in [0, 0.1) is 0 Å². The van der Waals surface area contributed by atoms with Crippen LogP contribution < -0.4 is 5.56 Å². The average Bonchev–Trinajstić information content (AvgIpc) is 2.57. The molecule has 0 aliphatic heterocycles. The van der Waals surface area contributed by atoms with Gasteiger partial charge >= 0.3 is 5.97 Å². The van der Waals surface area contributed by atoms with Crippen LogP contribution in [0.1, 0.15) is 29.3 Å². The molecule has 132 valence electrons. The maximum atomic E-state index is 12.6. The van der Waals surface area contributed by atoms with Crippen LogP contribution in [0.3, 0.4) is 0 Å². The van der Waals surface area contributed by atoms with E-state index in [1.165, 1.54) is 27.8 Å². The predicted molar refractivity (Wildman–Crippen MR) is 95.1 cm³/mol. The molecule has 6 nitrogen and oxygen atoms in total. The predicted octanol–water partition coefficient (Wildman–Crippen LogP) is 2.49. The van der Waals surface area contributed by atoms with E-state index in [0.29, 0.717) is 18.0 Å². The number of carboxylic acid groups (broad SMARTS) is 1. The third-order valence-electron chi connectivity index (χ3n) is 3.64. The Balaban J connectivity index is 2.31.